The highest BCUT2D eigenvalue weighted by molar-refractivity contribution is 5.75. The SMILES string of the molecule is COc1ccccc1C(NC(=O)N(C)CCCc1cc(-c2cccc(F)c2)n[nH]1)c1nccn1C. The van der Waals surface area contributed by atoms with Gasteiger partial charge >= 0.3 is 6.03 Å². The maximum atomic E-state index is 13.5. The number of rotatable bonds is 9. The molecule has 9 heteroatoms. The Morgan fingerprint density at radius 1 is 1.23 bits per heavy atom. The van der Waals surface area contributed by atoms with E-state index in [0.717, 1.165) is 23.2 Å². The Morgan fingerprint density at radius 3 is 2.80 bits per heavy atom. The van der Waals surface area contributed by atoms with Gasteiger partial charge in [-0.3, -0.25) is 5.10 Å². The zero-order valence-corrected chi connectivity index (χ0v) is 20.0. The first-order valence-electron chi connectivity index (χ1n) is 11.4. The van der Waals surface area contributed by atoms with Crippen LogP contribution in [-0.2, 0) is 13.5 Å². The number of para-hydroxylation sites is 1. The van der Waals surface area contributed by atoms with Crippen LogP contribution in [0.1, 0.15) is 29.5 Å². The fraction of sp³-hybridized carbons (Fsp3) is 0.269. The third-order valence-corrected chi connectivity index (χ3v) is 5.87. The Balaban J connectivity index is 1.38. The van der Waals surface area contributed by atoms with Crippen LogP contribution in [0.3, 0.4) is 0 Å². The lowest BCUT2D eigenvalue weighted by Gasteiger charge is -2.25. The van der Waals surface area contributed by atoms with Gasteiger partial charge in [-0.1, -0.05) is 30.3 Å². The molecule has 4 rings (SSSR count). The number of aromatic amines is 1. The number of hydrogen-bond acceptors (Lipinski definition) is 4. The van der Waals surface area contributed by atoms with E-state index in [1.165, 1.54) is 12.1 Å². The summed E-state index contributed by atoms with van der Waals surface area (Å²) in [5, 5.41) is 10.4. The summed E-state index contributed by atoms with van der Waals surface area (Å²) < 4.78 is 20.9. The smallest absolute Gasteiger partial charge is 0.317 e. The largest absolute Gasteiger partial charge is 0.496 e. The van der Waals surface area contributed by atoms with Gasteiger partial charge in [-0.05, 0) is 37.1 Å². The lowest BCUT2D eigenvalue weighted by Crippen LogP contribution is -2.41. The van der Waals surface area contributed by atoms with Crippen molar-refractivity contribution >= 4 is 6.03 Å². The summed E-state index contributed by atoms with van der Waals surface area (Å²) in [5.41, 5.74) is 3.17. The molecule has 2 amide bonds. The van der Waals surface area contributed by atoms with Crippen LogP contribution in [-0.4, -0.2) is 51.4 Å². The second kappa shape index (κ2) is 10.9. The number of amides is 2. The van der Waals surface area contributed by atoms with E-state index in [0.29, 0.717) is 30.2 Å². The number of nitrogens with one attached hydrogen (secondary N) is 2. The van der Waals surface area contributed by atoms with Gasteiger partial charge in [0.25, 0.3) is 0 Å². The maximum absolute atomic E-state index is 13.5. The van der Waals surface area contributed by atoms with Crippen LogP contribution in [0.5, 0.6) is 5.75 Å². The van der Waals surface area contributed by atoms with Crippen molar-refractivity contribution in [2.24, 2.45) is 7.05 Å². The highest BCUT2D eigenvalue weighted by Crippen LogP contribution is 2.29. The number of methoxy groups -OCH3 is 1. The van der Waals surface area contributed by atoms with Gasteiger partial charge in [0.1, 0.15) is 23.4 Å². The van der Waals surface area contributed by atoms with E-state index in [4.69, 9.17) is 4.74 Å². The molecule has 0 saturated heterocycles. The molecule has 0 fully saturated rings. The number of carbonyl (C=O) groups excluding carboxylic acids is 1. The monoisotopic (exact) mass is 476 g/mol. The molecule has 4 aromatic rings. The zero-order valence-electron chi connectivity index (χ0n) is 20.0. The fourth-order valence-electron chi connectivity index (χ4n) is 3.97. The first-order chi connectivity index (χ1) is 17.0. The van der Waals surface area contributed by atoms with Crippen LogP contribution in [0.4, 0.5) is 9.18 Å². The summed E-state index contributed by atoms with van der Waals surface area (Å²) in [4.78, 5) is 19.2. The van der Waals surface area contributed by atoms with Crippen molar-refractivity contribution in [1.29, 1.82) is 0 Å². The van der Waals surface area contributed by atoms with Crippen molar-refractivity contribution < 1.29 is 13.9 Å². The number of aryl methyl sites for hydroxylation is 2. The van der Waals surface area contributed by atoms with Crippen molar-refractivity contribution in [3.63, 3.8) is 0 Å². The molecule has 0 radical (unpaired) electrons. The Morgan fingerprint density at radius 2 is 2.06 bits per heavy atom. The summed E-state index contributed by atoms with van der Waals surface area (Å²) in [6.45, 7) is 0.541. The number of urea groups is 1. The number of carbonyl (C=O) groups is 1. The summed E-state index contributed by atoms with van der Waals surface area (Å²) in [5.74, 6) is 1.09. The number of imidazole rings is 1. The Labute approximate surface area is 203 Å². The van der Waals surface area contributed by atoms with Crippen molar-refractivity contribution in [2.45, 2.75) is 18.9 Å². The van der Waals surface area contributed by atoms with E-state index in [-0.39, 0.29) is 11.8 Å². The summed E-state index contributed by atoms with van der Waals surface area (Å²) in [7, 11) is 5.26. The molecule has 8 nitrogen and oxygen atoms in total. The number of aromatic nitrogens is 4. The van der Waals surface area contributed by atoms with Gasteiger partial charge in [-0.25, -0.2) is 14.2 Å². The lowest BCUT2D eigenvalue weighted by molar-refractivity contribution is 0.205. The van der Waals surface area contributed by atoms with E-state index < -0.39 is 6.04 Å². The fourth-order valence-corrected chi connectivity index (χ4v) is 3.97. The third kappa shape index (κ3) is 5.68. The molecule has 0 aliphatic carbocycles. The van der Waals surface area contributed by atoms with E-state index in [1.54, 1.807) is 31.3 Å². The highest BCUT2D eigenvalue weighted by Gasteiger charge is 2.25. The van der Waals surface area contributed by atoms with Gasteiger partial charge in [0.2, 0.25) is 0 Å². The van der Waals surface area contributed by atoms with Gasteiger partial charge in [0.05, 0.1) is 12.8 Å². The van der Waals surface area contributed by atoms with E-state index >= 15 is 0 Å². The topological polar surface area (TPSA) is 88.1 Å². The highest BCUT2D eigenvalue weighted by atomic mass is 19.1. The van der Waals surface area contributed by atoms with Crippen LogP contribution < -0.4 is 10.1 Å². The van der Waals surface area contributed by atoms with Crippen LogP contribution in [0.2, 0.25) is 0 Å². The van der Waals surface area contributed by atoms with Crippen LogP contribution in [0, 0.1) is 5.82 Å². The summed E-state index contributed by atoms with van der Waals surface area (Å²) >= 11 is 0. The molecule has 0 bridgehead atoms. The van der Waals surface area contributed by atoms with Crippen molar-refractivity contribution in [2.75, 3.05) is 20.7 Å². The second-order valence-electron chi connectivity index (χ2n) is 8.33. The molecule has 0 spiro atoms. The molecule has 0 aliphatic rings. The molecule has 2 N–H and O–H groups in total. The van der Waals surface area contributed by atoms with Gasteiger partial charge in [-0.2, -0.15) is 5.10 Å². The number of hydrogen-bond donors (Lipinski definition) is 2. The van der Waals surface area contributed by atoms with Gasteiger partial charge in [0.15, 0.2) is 0 Å². The summed E-state index contributed by atoms with van der Waals surface area (Å²) in [6.07, 6.45) is 4.98. The van der Waals surface area contributed by atoms with Crippen molar-refractivity contribution in [3.05, 3.63) is 89.9 Å². The molecule has 2 aromatic carbocycles. The summed E-state index contributed by atoms with van der Waals surface area (Å²) in [6, 6.07) is 15.2. The van der Waals surface area contributed by atoms with Gasteiger partial charge < -0.3 is 19.5 Å². The van der Waals surface area contributed by atoms with E-state index in [2.05, 4.69) is 20.5 Å². The zero-order chi connectivity index (χ0) is 24.8. The molecule has 182 valence electrons. The number of ether oxygens (including phenoxy) is 1. The first-order valence-corrected chi connectivity index (χ1v) is 11.4. The van der Waals surface area contributed by atoms with Crippen LogP contribution in [0.25, 0.3) is 11.3 Å². The average molecular weight is 477 g/mol. The Bertz CT molecular complexity index is 1280. The third-order valence-electron chi connectivity index (χ3n) is 5.87. The minimum atomic E-state index is -0.470. The molecule has 2 heterocycles. The predicted molar refractivity (Wildman–Crippen MR) is 132 cm³/mol. The Hall–Kier alpha value is -4.14. The van der Waals surface area contributed by atoms with Crippen LogP contribution >= 0.6 is 0 Å². The molecular weight excluding hydrogens is 447 g/mol. The first kappa shape index (κ1) is 24.0. The number of benzene rings is 2. The molecule has 0 aliphatic heterocycles. The average Bonchev–Trinajstić information content (AvgIpc) is 3.51. The molecule has 1 unspecified atom stereocenters. The van der Waals surface area contributed by atoms with Gasteiger partial charge in [-0.15, -0.1) is 0 Å². The molecule has 0 saturated carbocycles. The molecule has 2 aromatic heterocycles. The number of H-pyrrole nitrogens is 1. The van der Waals surface area contributed by atoms with Gasteiger partial charge in [0, 0.05) is 49.9 Å². The normalized spacial score (nSPS) is 11.8. The number of nitrogens with zero attached hydrogens (tertiary/aromatic N) is 4. The van der Waals surface area contributed by atoms with E-state index in [1.807, 2.05) is 54.2 Å². The minimum absolute atomic E-state index is 0.214. The predicted octanol–water partition coefficient (Wildman–Crippen LogP) is 4.32. The Kier molecular flexibility index (Phi) is 7.45. The van der Waals surface area contributed by atoms with E-state index in [9.17, 15) is 9.18 Å². The standard InChI is InChI=1S/C26H29FN6O2/c1-32-15-13-28-25(32)24(21-11-4-5-12-23(21)35-3)29-26(34)33(2)14-7-10-20-17-22(31-30-20)18-8-6-9-19(27)16-18/h4-6,8-9,11-13,15-17,24H,7,10,14H2,1-3H3,(H,29,34)(H,30,31). The quantitative estimate of drug-likeness (QED) is 0.377. The van der Waals surface area contributed by atoms with Crippen LogP contribution in [0.15, 0.2) is 67.0 Å². The van der Waals surface area contributed by atoms with Crippen molar-refractivity contribution in [1.82, 2.24) is 30.0 Å². The maximum Gasteiger partial charge on any atom is 0.317 e. The molecule has 1 atom stereocenters. The van der Waals surface area contributed by atoms with Crippen molar-refractivity contribution in [3.8, 4) is 17.0 Å². The second-order valence-corrected chi connectivity index (χ2v) is 8.33. The lowest BCUT2D eigenvalue weighted by atomic mass is 10.0. The molecular formula is C26H29FN6O2. The number of halogens is 1. The minimum Gasteiger partial charge on any atom is -0.496 e. The molecule has 35 heavy (non-hydrogen) atoms.